The fourth-order valence-corrected chi connectivity index (χ4v) is 4.49. The Balaban J connectivity index is 1.86. The summed E-state index contributed by atoms with van der Waals surface area (Å²) in [4.78, 5) is 13.9. The van der Waals surface area contributed by atoms with Gasteiger partial charge in [0.1, 0.15) is 0 Å². The molecule has 0 bridgehead atoms. The Bertz CT molecular complexity index is 519. The van der Waals surface area contributed by atoms with Crippen LogP contribution in [0.2, 0.25) is 0 Å². The van der Waals surface area contributed by atoms with Crippen LogP contribution < -0.4 is 5.32 Å². The summed E-state index contributed by atoms with van der Waals surface area (Å²) in [6.45, 7) is 2.00. The molecule has 0 spiro atoms. The molecule has 1 N–H and O–H groups in total. The van der Waals surface area contributed by atoms with Crippen molar-refractivity contribution in [3.8, 4) is 0 Å². The Morgan fingerprint density at radius 2 is 2.29 bits per heavy atom. The van der Waals surface area contributed by atoms with Crippen molar-refractivity contribution < 1.29 is 13.2 Å². The number of aryl methyl sites for hydroxylation is 1. The van der Waals surface area contributed by atoms with E-state index < -0.39 is 9.84 Å². The second-order valence-electron chi connectivity index (χ2n) is 4.36. The van der Waals surface area contributed by atoms with Gasteiger partial charge in [-0.3, -0.25) is 4.79 Å². The maximum absolute atomic E-state index is 11.7. The molecule has 1 aromatic heterocycles. The van der Waals surface area contributed by atoms with Gasteiger partial charge in [0.2, 0.25) is 5.91 Å². The van der Waals surface area contributed by atoms with Crippen LogP contribution in [0.25, 0.3) is 0 Å². The Morgan fingerprint density at radius 3 is 2.82 bits per heavy atom. The first kappa shape index (κ1) is 12.6. The lowest BCUT2D eigenvalue weighted by Crippen LogP contribution is -2.36. The van der Waals surface area contributed by atoms with E-state index in [0.29, 0.717) is 12.8 Å². The van der Waals surface area contributed by atoms with Crippen molar-refractivity contribution in [1.82, 2.24) is 5.32 Å². The molecule has 2 rings (SSSR count). The molecule has 4 nitrogen and oxygen atoms in total. The van der Waals surface area contributed by atoms with Crippen LogP contribution in [-0.2, 0) is 21.1 Å². The van der Waals surface area contributed by atoms with Crippen LogP contribution in [0.1, 0.15) is 16.2 Å². The first-order valence-electron chi connectivity index (χ1n) is 5.50. The minimum absolute atomic E-state index is 0.0855. The zero-order valence-electron chi connectivity index (χ0n) is 9.60. The molecule has 1 fully saturated rings. The summed E-state index contributed by atoms with van der Waals surface area (Å²) in [5.74, 6) is 0.187. The molecule has 94 valence electrons. The van der Waals surface area contributed by atoms with Crippen LogP contribution in [0.5, 0.6) is 0 Å². The first-order valence-corrected chi connectivity index (χ1v) is 8.13. The highest BCUT2D eigenvalue weighted by Gasteiger charge is 2.28. The third kappa shape index (κ3) is 3.54. The van der Waals surface area contributed by atoms with Gasteiger partial charge in [-0.25, -0.2) is 8.42 Å². The number of carbonyl (C=O) groups excluding carboxylic acids is 1. The molecular formula is C11H15NO3S2. The van der Waals surface area contributed by atoms with Crippen molar-refractivity contribution in [3.05, 3.63) is 21.9 Å². The monoisotopic (exact) mass is 273 g/mol. The van der Waals surface area contributed by atoms with E-state index in [4.69, 9.17) is 0 Å². The quantitative estimate of drug-likeness (QED) is 0.890. The van der Waals surface area contributed by atoms with Gasteiger partial charge in [-0.2, -0.15) is 0 Å². The van der Waals surface area contributed by atoms with Crippen LogP contribution in [0.3, 0.4) is 0 Å². The second kappa shape index (κ2) is 4.78. The van der Waals surface area contributed by atoms with Crippen molar-refractivity contribution in [2.45, 2.75) is 25.8 Å². The summed E-state index contributed by atoms with van der Waals surface area (Å²) in [5, 5.41) is 2.78. The number of amides is 1. The standard InChI is InChI=1S/C11H15NO3S2/c1-8-2-3-10(16-8)6-11(13)12-9-4-5-17(14,15)7-9/h2-3,9H,4-7H2,1H3,(H,12,13). The largest absolute Gasteiger partial charge is 0.352 e. The molecule has 6 heteroatoms. The average Bonchev–Trinajstić information content (AvgIpc) is 2.73. The smallest absolute Gasteiger partial charge is 0.225 e. The van der Waals surface area contributed by atoms with Crippen LogP contribution in [0.15, 0.2) is 12.1 Å². The van der Waals surface area contributed by atoms with E-state index in [1.165, 1.54) is 4.88 Å². The van der Waals surface area contributed by atoms with E-state index in [9.17, 15) is 13.2 Å². The van der Waals surface area contributed by atoms with Gasteiger partial charge in [-0.05, 0) is 25.5 Å². The number of hydrogen-bond donors (Lipinski definition) is 1. The van der Waals surface area contributed by atoms with Gasteiger partial charge < -0.3 is 5.32 Å². The van der Waals surface area contributed by atoms with Crippen molar-refractivity contribution in [2.75, 3.05) is 11.5 Å². The third-order valence-electron chi connectivity index (χ3n) is 2.73. The summed E-state index contributed by atoms with van der Waals surface area (Å²) in [5.41, 5.74) is 0. The van der Waals surface area contributed by atoms with Crippen LogP contribution >= 0.6 is 11.3 Å². The molecule has 1 amide bonds. The van der Waals surface area contributed by atoms with Crippen molar-refractivity contribution in [2.24, 2.45) is 0 Å². The predicted octanol–water partition coefficient (Wildman–Crippen LogP) is 0.902. The van der Waals surface area contributed by atoms with Crippen LogP contribution in [-0.4, -0.2) is 31.9 Å². The number of sulfone groups is 1. The SMILES string of the molecule is Cc1ccc(CC(=O)NC2CCS(=O)(=O)C2)s1. The van der Waals surface area contributed by atoms with Crippen LogP contribution in [0, 0.1) is 6.92 Å². The number of thiophene rings is 1. The lowest BCUT2D eigenvalue weighted by atomic mass is 10.2. The Morgan fingerprint density at radius 1 is 1.53 bits per heavy atom. The summed E-state index contributed by atoms with van der Waals surface area (Å²) in [7, 11) is -2.92. The number of rotatable bonds is 3. The summed E-state index contributed by atoms with van der Waals surface area (Å²) in [6, 6.07) is 3.71. The van der Waals surface area contributed by atoms with Crippen molar-refractivity contribution >= 4 is 27.1 Å². The fourth-order valence-electron chi connectivity index (χ4n) is 1.93. The highest BCUT2D eigenvalue weighted by molar-refractivity contribution is 7.91. The molecule has 0 radical (unpaired) electrons. The zero-order chi connectivity index (χ0) is 12.5. The molecule has 17 heavy (non-hydrogen) atoms. The van der Waals surface area contributed by atoms with Gasteiger partial charge in [0.25, 0.3) is 0 Å². The number of hydrogen-bond acceptors (Lipinski definition) is 4. The molecule has 1 aliphatic rings. The molecule has 2 heterocycles. The van der Waals surface area contributed by atoms with Gasteiger partial charge in [-0.15, -0.1) is 11.3 Å². The van der Waals surface area contributed by atoms with E-state index in [1.807, 2.05) is 19.1 Å². The van der Waals surface area contributed by atoms with E-state index in [1.54, 1.807) is 11.3 Å². The fraction of sp³-hybridized carbons (Fsp3) is 0.545. The van der Waals surface area contributed by atoms with Gasteiger partial charge in [-0.1, -0.05) is 0 Å². The molecule has 1 saturated heterocycles. The van der Waals surface area contributed by atoms with Gasteiger partial charge in [0, 0.05) is 15.8 Å². The molecule has 1 unspecified atom stereocenters. The maximum atomic E-state index is 11.7. The summed E-state index contributed by atoms with van der Waals surface area (Å²) >= 11 is 1.59. The second-order valence-corrected chi connectivity index (χ2v) is 7.96. The topological polar surface area (TPSA) is 63.2 Å². The Hall–Kier alpha value is -0.880. The molecule has 0 saturated carbocycles. The lowest BCUT2D eigenvalue weighted by Gasteiger charge is -2.09. The average molecular weight is 273 g/mol. The zero-order valence-corrected chi connectivity index (χ0v) is 11.2. The Kier molecular flexibility index (Phi) is 3.53. The molecular weight excluding hydrogens is 258 g/mol. The lowest BCUT2D eigenvalue weighted by molar-refractivity contribution is -0.120. The maximum Gasteiger partial charge on any atom is 0.225 e. The minimum Gasteiger partial charge on any atom is -0.352 e. The Labute approximate surface area is 105 Å². The van der Waals surface area contributed by atoms with Gasteiger partial charge in [0.15, 0.2) is 9.84 Å². The van der Waals surface area contributed by atoms with Gasteiger partial charge in [0.05, 0.1) is 17.9 Å². The van der Waals surface area contributed by atoms with E-state index >= 15 is 0 Å². The first-order chi connectivity index (χ1) is 7.94. The van der Waals surface area contributed by atoms with E-state index in [0.717, 1.165) is 4.88 Å². The number of nitrogens with one attached hydrogen (secondary N) is 1. The summed E-state index contributed by atoms with van der Waals surface area (Å²) < 4.78 is 22.5. The van der Waals surface area contributed by atoms with Crippen molar-refractivity contribution in [1.29, 1.82) is 0 Å². The minimum atomic E-state index is -2.92. The molecule has 0 aromatic carbocycles. The van der Waals surface area contributed by atoms with Crippen molar-refractivity contribution in [3.63, 3.8) is 0 Å². The van der Waals surface area contributed by atoms with E-state index in [-0.39, 0.29) is 23.5 Å². The molecule has 0 aliphatic carbocycles. The van der Waals surface area contributed by atoms with E-state index in [2.05, 4.69) is 5.32 Å². The molecule has 1 aliphatic heterocycles. The third-order valence-corrected chi connectivity index (χ3v) is 5.50. The van der Waals surface area contributed by atoms with Gasteiger partial charge >= 0.3 is 0 Å². The highest BCUT2D eigenvalue weighted by Crippen LogP contribution is 2.16. The molecule has 1 aromatic rings. The molecule has 1 atom stereocenters. The highest BCUT2D eigenvalue weighted by atomic mass is 32.2. The predicted molar refractivity (Wildman–Crippen MR) is 68.0 cm³/mol. The number of carbonyl (C=O) groups is 1. The summed E-state index contributed by atoms with van der Waals surface area (Å²) in [6.07, 6.45) is 0.882. The van der Waals surface area contributed by atoms with Crippen LogP contribution in [0.4, 0.5) is 0 Å². The normalized spacial score (nSPS) is 22.5.